The molecule has 0 aliphatic rings. The summed E-state index contributed by atoms with van der Waals surface area (Å²) in [5.74, 6) is -0.206. The number of methoxy groups -OCH3 is 2. The van der Waals surface area contributed by atoms with Gasteiger partial charge in [-0.15, -0.1) is 0 Å². The van der Waals surface area contributed by atoms with Gasteiger partial charge < -0.3 is 18.6 Å². The maximum atomic E-state index is 11.8. The second-order valence-electron chi connectivity index (χ2n) is 3.81. The summed E-state index contributed by atoms with van der Waals surface area (Å²) in [5, 5.41) is 2.55. The molecule has 0 radical (unpaired) electrons. The summed E-state index contributed by atoms with van der Waals surface area (Å²) in [6.45, 7) is 1.81. The first-order chi connectivity index (χ1) is 9.77. The Bertz CT molecular complexity index is 403. The number of carbonyl (C=O) groups is 1. The second kappa shape index (κ2) is 9.99. The summed E-state index contributed by atoms with van der Waals surface area (Å²) >= 11 is 0. The lowest BCUT2D eigenvalue weighted by molar-refractivity contribution is 0.0927. The van der Waals surface area contributed by atoms with E-state index in [1.165, 1.54) is 6.26 Å². The normalized spacial score (nSPS) is 11.4. The van der Waals surface area contributed by atoms with Crippen LogP contribution in [0.2, 0.25) is 0 Å². The zero-order valence-electron chi connectivity index (χ0n) is 11.8. The molecular formula is C13H20N2O5. The molecule has 0 unspecified atom stereocenters. The van der Waals surface area contributed by atoms with Crippen LogP contribution in [0, 0.1) is 0 Å². The molecule has 0 saturated carbocycles. The van der Waals surface area contributed by atoms with Crippen molar-refractivity contribution in [1.29, 1.82) is 0 Å². The van der Waals surface area contributed by atoms with Crippen LogP contribution in [0.4, 0.5) is 0 Å². The minimum Gasteiger partial charge on any atom is -0.463 e. The fourth-order valence-corrected chi connectivity index (χ4v) is 1.30. The van der Waals surface area contributed by atoms with E-state index in [1.54, 1.807) is 26.4 Å². The molecule has 0 fully saturated rings. The number of nitrogens with one attached hydrogen (secondary N) is 1. The van der Waals surface area contributed by atoms with Crippen LogP contribution < -0.4 is 5.32 Å². The van der Waals surface area contributed by atoms with E-state index < -0.39 is 5.91 Å². The molecule has 0 aromatic carbocycles. The Morgan fingerprint density at radius 2 is 2.10 bits per heavy atom. The van der Waals surface area contributed by atoms with Crippen LogP contribution in [-0.4, -0.2) is 52.5 Å². The number of carbonyl (C=O) groups excluding carboxylic acids is 1. The standard InChI is InChI=1S/C13H20N2O5/c1-17-7-4-6-14-13(20-10-9-18-2)15-12(16)11-5-3-8-19-11/h3,5,8H,4,6-7,9-10H2,1-2H3,(H,14,15,16). The summed E-state index contributed by atoms with van der Waals surface area (Å²) in [7, 11) is 3.19. The average molecular weight is 284 g/mol. The van der Waals surface area contributed by atoms with Gasteiger partial charge in [-0.2, -0.15) is 0 Å². The van der Waals surface area contributed by atoms with Crippen molar-refractivity contribution < 1.29 is 23.4 Å². The Kier molecular flexibility index (Phi) is 8.09. The van der Waals surface area contributed by atoms with E-state index in [-0.39, 0.29) is 11.8 Å². The first kappa shape index (κ1) is 16.2. The number of ether oxygens (including phenoxy) is 3. The summed E-state index contributed by atoms with van der Waals surface area (Å²) in [6, 6.07) is 3.35. The lowest BCUT2D eigenvalue weighted by Crippen LogP contribution is -2.33. The molecule has 0 bridgehead atoms. The van der Waals surface area contributed by atoms with Crippen LogP contribution in [-0.2, 0) is 14.2 Å². The summed E-state index contributed by atoms with van der Waals surface area (Å²) < 4.78 is 20.2. The van der Waals surface area contributed by atoms with Crippen molar-refractivity contribution in [2.24, 2.45) is 4.99 Å². The maximum absolute atomic E-state index is 11.8. The van der Waals surface area contributed by atoms with E-state index in [9.17, 15) is 4.79 Å². The fourth-order valence-electron chi connectivity index (χ4n) is 1.30. The Morgan fingerprint density at radius 3 is 2.75 bits per heavy atom. The maximum Gasteiger partial charge on any atom is 0.294 e. The molecule has 7 nitrogen and oxygen atoms in total. The topological polar surface area (TPSA) is 82.3 Å². The molecule has 1 amide bonds. The smallest absolute Gasteiger partial charge is 0.294 e. The lowest BCUT2D eigenvalue weighted by atomic mass is 10.4. The Morgan fingerprint density at radius 1 is 1.30 bits per heavy atom. The molecule has 0 spiro atoms. The number of rotatable bonds is 8. The Hall–Kier alpha value is -1.86. The van der Waals surface area contributed by atoms with Gasteiger partial charge in [0.25, 0.3) is 11.9 Å². The molecule has 1 aromatic heterocycles. The minimum absolute atomic E-state index is 0.152. The summed E-state index contributed by atoms with van der Waals surface area (Å²) in [4.78, 5) is 16.0. The first-order valence-corrected chi connectivity index (χ1v) is 6.28. The predicted molar refractivity (Wildman–Crippen MR) is 72.8 cm³/mol. The van der Waals surface area contributed by atoms with Gasteiger partial charge in [-0.3, -0.25) is 10.1 Å². The zero-order valence-corrected chi connectivity index (χ0v) is 11.8. The lowest BCUT2D eigenvalue weighted by Gasteiger charge is -2.09. The number of aliphatic imine (C=N–C) groups is 1. The Labute approximate surface area is 117 Å². The molecule has 0 saturated heterocycles. The highest BCUT2D eigenvalue weighted by Gasteiger charge is 2.12. The predicted octanol–water partition coefficient (Wildman–Crippen LogP) is 1.06. The quantitative estimate of drug-likeness (QED) is 0.438. The van der Waals surface area contributed by atoms with Crippen molar-refractivity contribution in [3.63, 3.8) is 0 Å². The summed E-state index contributed by atoms with van der Waals surface area (Å²) in [5.41, 5.74) is 0. The highest BCUT2D eigenvalue weighted by atomic mass is 16.5. The third kappa shape index (κ3) is 6.35. The minimum atomic E-state index is -0.405. The van der Waals surface area contributed by atoms with Gasteiger partial charge in [-0.25, -0.2) is 4.99 Å². The van der Waals surface area contributed by atoms with Crippen LogP contribution in [0.25, 0.3) is 0 Å². The van der Waals surface area contributed by atoms with Gasteiger partial charge in [0.15, 0.2) is 5.76 Å². The van der Waals surface area contributed by atoms with Gasteiger partial charge in [-0.1, -0.05) is 0 Å². The van der Waals surface area contributed by atoms with E-state index in [4.69, 9.17) is 18.6 Å². The third-order valence-corrected chi connectivity index (χ3v) is 2.25. The number of furan rings is 1. The molecular weight excluding hydrogens is 264 g/mol. The molecule has 20 heavy (non-hydrogen) atoms. The third-order valence-electron chi connectivity index (χ3n) is 2.25. The van der Waals surface area contributed by atoms with Gasteiger partial charge in [0.1, 0.15) is 6.61 Å². The van der Waals surface area contributed by atoms with Crippen LogP contribution in [0.15, 0.2) is 27.8 Å². The molecule has 1 N–H and O–H groups in total. The summed E-state index contributed by atoms with van der Waals surface area (Å²) in [6.07, 6.45) is 2.17. The number of hydrogen-bond donors (Lipinski definition) is 1. The molecule has 0 aliphatic heterocycles. The molecule has 7 heteroatoms. The fraction of sp³-hybridized carbons (Fsp3) is 0.538. The van der Waals surface area contributed by atoms with Crippen molar-refractivity contribution in [3.8, 4) is 0 Å². The van der Waals surface area contributed by atoms with Gasteiger partial charge in [-0.05, 0) is 18.6 Å². The van der Waals surface area contributed by atoms with E-state index in [1.807, 2.05) is 0 Å². The van der Waals surface area contributed by atoms with E-state index in [2.05, 4.69) is 10.3 Å². The van der Waals surface area contributed by atoms with Gasteiger partial charge in [0, 0.05) is 27.4 Å². The van der Waals surface area contributed by atoms with E-state index in [0.717, 1.165) is 6.42 Å². The van der Waals surface area contributed by atoms with Crippen molar-refractivity contribution in [2.45, 2.75) is 6.42 Å². The second-order valence-corrected chi connectivity index (χ2v) is 3.81. The molecule has 0 aliphatic carbocycles. The highest BCUT2D eigenvalue weighted by molar-refractivity contribution is 6.02. The Balaban J connectivity index is 2.50. The number of nitrogens with zero attached hydrogens (tertiary/aromatic N) is 1. The van der Waals surface area contributed by atoms with Crippen molar-refractivity contribution in [3.05, 3.63) is 24.2 Å². The van der Waals surface area contributed by atoms with Crippen molar-refractivity contribution >= 4 is 11.9 Å². The number of hydrogen-bond acceptors (Lipinski definition) is 6. The van der Waals surface area contributed by atoms with Crippen molar-refractivity contribution in [2.75, 3.05) is 40.6 Å². The van der Waals surface area contributed by atoms with Crippen LogP contribution in [0.3, 0.4) is 0 Å². The number of amides is 1. The number of amidine groups is 1. The molecule has 1 rings (SSSR count). The van der Waals surface area contributed by atoms with Crippen molar-refractivity contribution in [1.82, 2.24) is 5.32 Å². The van der Waals surface area contributed by atoms with Gasteiger partial charge in [0.2, 0.25) is 0 Å². The monoisotopic (exact) mass is 284 g/mol. The average Bonchev–Trinajstić information content (AvgIpc) is 2.97. The first-order valence-electron chi connectivity index (χ1n) is 6.28. The van der Waals surface area contributed by atoms with E-state index >= 15 is 0 Å². The largest absolute Gasteiger partial charge is 0.463 e. The van der Waals surface area contributed by atoms with E-state index in [0.29, 0.717) is 26.4 Å². The van der Waals surface area contributed by atoms with Gasteiger partial charge >= 0.3 is 0 Å². The molecule has 112 valence electrons. The molecule has 1 heterocycles. The highest BCUT2D eigenvalue weighted by Crippen LogP contribution is 1.99. The van der Waals surface area contributed by atoms with Crippen LogP contribution >= 0.6 is 0 Å². The SMILES string of the molecule is COCCCN=C(NC(=O)c1ccco1)OCCOC. The van der Waals surface area contributed by atoms with Crippen LogP contribution in [0.5, 0.6) is 0 Å². The van der Waals surface area contributed by atoms with Gasteiger partial charge in [0.05, 0.1) is 12.9 Å². The molecule has 1 aromatic rings. The molecule has 0 atom stereocenters. The zero-order chi connectivity index (χ0) is 14.6. The van der Waals surface area contributed by atoms with Crippen LogP contribution in [0.1, 0.15) is 17.0 Å².